The van der Waals surface area contributed by atoms with E-state index in [2.05, 4.69) is 6.92 Å². The summed E-state index contributed by atoms with van der Waals surface area (Å²) in [6.07, 6.45) is 3.39. The van der Waals surface area contributed by atoms with E-state index in [1.54, 1.807) is 13.8 Å². The summed E-state index contributed by atoms with van der Waals surface area (Å²) in [6.45, 7) is 6.02. The average molecular weight is 248 g/mol. The molecule has 98 valence electrons. The maximum Gasteiger partial charge on any atom is 0.334 e. The summed E-state index contributed by atoms with van der Waals surface area (Å²) < 4.78 is 10.5. The smallest absolute Gasteiger partial charge is 0.334 e. The van der Waals surface area contributed by atoms with Crippen molar-refractivity contribution in [1.82, 2.24) is 0 Å². The fraction of sp³-hybridized carbons (Fsp3) is 0.400. The third-order valence-electron chi connectivity index (χ3n) is 2.37. The van der Waals surface area contributed by atoms with Gasteiger partial charge in [0, 0.05) is 0 Å². The molecule has 0 radical (unpaired) electrons. The molecule has 0 saturated heterocycles. The van der Waals surface area contributed by atoms with Gasteiger partial charge in [-0.1, -0.05) is 31.5 Å². The topological polar surface area (TPSA) is 35.5 Å². The first kappa shape index (κ1) is 14.3. The predicted octanol–water partition coefficient (Wildman–Crippen LogP) is 3.48. The van der Waals surface area contributed by atoms with Crippen LogP contribution in [-0.4, -0.2) is 12.6 Å². The highest BCUT2D eigenvalue weighted by Gasteiger charge is 2.04. The first-order valence-electron chi connectivity index (χ1n) is 6.28. The molecule has 0 spiro atoms. The third kappa shape index (κ3) is 4.62. The summed E-state index contributed by atoms with van der Waals surface area (Å²) in [5.74, 6) is 0.970. The number of hydrogen-bond donors (Lipinski definition) is 0. The Balaban J connectivity index is 2.74. The number of carbonyl (C=O) groups is 1. The summed E-state index contributed by atoms with van der Waals surface area (Å²) in [4.78, 5) is 11.3. The van der Waals surface area contributed by atoms with Crippen molar-refractivity contribution in [2.24, 2.45) is 0 Å². The van der Waals surface area contributed by atoms with E-state index in [0.717, 1.165) is 24.2 Å². The molecule has 0 saturated carbocycles. The van der Waals surface area contributed by atoms with E-state index in [-0.39, 0.29) is 5.97 Å². The standard InChI is InChI=1S/C15H20O3/c1-4-8-13-9-6-7-10-14(13)18-12(3)11-15(16)17-5-2/h6-7,9-11H,4-5,8H2,1-3H3/b12-11-. The number of carbonyl (C=O) groups excluding carboxylic acids is 1. The van der Waals surface area contributed by atoms with E-state index in [4.69, 9.17) is 9.47 Å². The van der Waals surface area contributed by atoms with E-state index in [1.807, 2.05) is 24.3 Å². The van der Waals surface area contributed by atoms with E-state index in [9.17, 15) is 4.79 Å². The Morgan fingerprint density at radius 2 is 2.00 bits per heavy atom. The van der Waals surface area contributed by atoms with Gasteiger partial charge in [0.25, 0.3) is 0 Å². The first-order chi connectivity index (χ1) is 8.67. The van der Waals surface area contributed by atoms with Crippen LogP contribution >= 0.6 is 0 Å². The molecule has 0 N–H and O–H groups in total. The van der Waals surface area contributed by atoms with Gasteiger partial charge in [-0.15, -0.1) is 0 Å². The second kappa shape index (κ2) is 7.54. The molecule has 3 heteroatoms. The van der Waals surface area contributed by atoms with Crippen LogP contribution in [-0.2, 0) is 16.0 Å². The Morgan fingerprint density at radius 3 is 2.67 bits per heavy atom. The minimum Gasteiger partial charge on any atom is -0.463 e. The van der Waals surface area contributed by atoms with Gasteiger partial charge in [0.05, 0.1) is 12.7 Å². The van der Waals surface area contributed by atoms with Gasteiger partial charge in [-0.3, -0.25) is 0 Å². The largest absolute Gasteiger partial charge is 0.463 e. The van der Waals surface area contributed by atoms with Crippen LogP contribution in [0.15, 0.2) is 36.1 Å². The minimum atomic E-state index is -0.372. The van der Waals surface area contributed by atoms with Crippen LogP contribution in [0.3, 0.4) is 0 Å². The fourth-order valence-electron chi connectivity index (χ4n) is 1.63. The third-order valence-corrected chi connectivity index (χ3v) is 2.37. The Kier molecular flexibility index (Phi) is 5.98. The Morgan fingerprint density at radius 1 is 1.28 bits per heavy atom. The highest BCUT2D eigenvalue weighted by atomic mass is 16.5. The van der Waals surface area contributed by atoms with Gasteiger partial charge in [-0.2, -0.15) is 0 Å². The molecule has 3 nitrogen and oxygen atoms in total. The van der Waals surface area contributed by atoms with Gasteiger partial charge >= 0.3 is 5.97 Å². The molecule has 0 heterocycles. The van der Waals surface area contributed by atoms with Crippen molar-refractivity contribution in [2.45, 2.75) is 33.6 Å². The molecule has 1 rings (SSSR count). The molecule has 1 aromatic carbocycles. The lowest BCUT2D eigenvalue weighted by Crippen LogP contribution is -2.03. The molecular formula is C15H20O3. The number of benzene rings is 1. The van der Waals surface area contributed by atoms with Crippen LogP contribution in [0.1, 0.15) is 32.8 Å². The van der Waals surface area contributed by atoms with Crippen LogP contribution in [0.25, 0.3) is 0 Å². The number of para-hydroxylation sites is 1. The fourth-order valence-corrected chi connectivity index (χ4v) is 1.63. The van der Waals surface area contributed by atoms with Gasteiger partial charge in [-0.25, -0.2) is 4.79 Å². The van der Waals surface area contributed by atoms with E-state index in [0.29, 0.717) is 12.4 Å². The summed E-state index contributed by atoms with van der Waals surface area (Å²) in [5.41, 5.74) is 1.15. The summed E-state index contributed by atoms with van der Waals surface area (Å²) in [6, 6.07) is 7.86. The monoisotopic (exact) mass is 248 g/mol. The van der Waals surface area contributed by atoms with E-state index >= 15 is 0 Å². The number of rotatable bonds is 6. The summed E-state index contributed by atoms with van der Waals surface area (Å²) in [7, 11) is 0. The molecule has 0 aliphatic rings. The van der Waals surface area contributed by atoms with Crippen molar-refractivity contribution in [3.8, 4) is 5.75 Å². The lowest BCUT2D eigenvalue weighted by atomic mass is 10.1. The van der Waals surface area contributed by atoms with Crippen molar-refractivity contribution in [3.63, 3.8) is 0 Å². The SMILES string of the molecule is CCCc1ccccc1O/C(C)=C\C(=O)OCC. The summed E-state index contributed by atoms with van der Waals surface area (Å²) in [5, 5.41) is 0. The second-order valence-corrected chi connectivity index (χ2v) is 3.97. The maximum absolute atomic E-state index is 11.3. The van der Waals surface area contributed by atoms with Crippen LogP contribution in [0, 0.1) is 0 Å². The van der Waals surface area contributed by atoms with Gasteiger partial charge in [0.1, 0.15) is 11.5 Å². The zero-order valence-electron chi connectivity index (χ0n) is 11.2. The van der Waals surface area contributed by atoms with Crippen LogP contribution < -0.4 is 4.74 Å². The minimum absolute atomic E-state index is 0.370. The molecule has 0 fully saturated rings. The van der Waals surface area contributed by atoms with Crippen LogP contribution in [0.5, 0.6) is 5.75 Å². The number of allylic oxidation sites excluding steroid dienone is 1. The van der Waals surface area contributed by atoms with E-state index < -0.39 is 0 Å². The molecule has 18 heavy (non-hydrogen) atoms. The van der Waals surface area contributed by atoms with E-state index in [1.165, 1.54) is 6.08 Å². The summed E-state index contributed by atoms with van der Waals surface area (Å²) >= 11 is 0. The number of hydrogen-bond acceptors (Lipinski definition) is 3. The molecule has 0 atom stereocenters. The van der Waals surface area contributed by atoms with Crippen molar-refractivity contribution in [3.05, 3.63) is 41.7 Å². The van der Waals surface area contributed by atoms with Crippen LogP contribution in [0.4, 0.5) is 0 Å². The first-order valence-corrected chi connectivity index (χ1v) is 6.28. The number of aryl methyl sites for hydroxylation is 1. The Bertz CT molecular complexity index is 422. The van der Waals surface area contributed by atoms with Crippen molar-refractivity contribution in [2.75, 3.05) is 6.61 Å². The Hall–Kier alpha value is -1.77. The highest BCUT2D eigenvalue weighted by Crippen LogP contribution is 2.21. The van der Waals surface area contributed by atoms with Crippen LogP contribution in [0.2, 0.25) is 0 Å². The van der Waals surface area contributed by atoms with Gasteiger partial charge in [0.2, 0.25) is 0 Å². The molecule has 0 aliphatic carbocycles. The predicted molar refractivity (Wildman–Crippen MR) is 71.5 cm³/mol. The number of esters is 1. The molecule has 1 aromatic rings. The highest BCUT2D eigenvalue weighted by molar-refractivity contribution is 5.82. The molecule has 0 aliphatic heterocycles. The average Bonchev–Trinajstić information content (AvgIpc) is 2.32. The lowest BCUT2D eigenvalue weighted by molar-refractivity contribution is -0.137. The molecular weight excluding hydrogens is 228 g/mol. The van der Waals surface area contributed by atoms with Gasteiger partial charge in [0.15, 0.2) is 0 Å². The molecule has 0 bridgehead atoms. The van der Waals surface area contributed by atoms with Crippen molar-refractivity contribution in [1.29, 1.82) is 0 Å². The number of ether oxygens (including phenoxy) is 2. The van der Waals surface area contributed by atoms with Crippen molar-refractivity contribution < 1.29 is 14.3 Å². The maximum atomic E-state index is 11.3. The molecule has 0 aromatic heterocycles. The lowest BCUT2D eigenvalue weighted by Gasteiger charge is -2.10. The zero-order valence-corrected chi connectivity index (χ0v) is 11.2. The normalized spacial score (nSPS) is 11.2. The quantitative estimate of drug-likeness (QED) is 0.439. The molecule has 0 amide bonds. The zero-order chi connectivity index (χ0) is 13.4. The Labute approximate surface area is 108 Å². The van der Waals surface area contributed by atoms with Gasteiger partial charge < -0.3 is 9.47 Å². The molecule has 0 unspecified atom stereocenters. The second-order valence-electron chi connectivity index (χ2n) is 3.97. The van der Waals surface area contributed by atoms with Crippen molar-refractivity contribution >= 4 is 5.97 Å². The van der Waals surface area contributed by atoms with Gasteiger partial charge in [-0.05, 0) is 31.9 Å².